The Bertz CT molecular complexity index is 695. The molecule has 0 spiro atoms. The molecule has 1 aliphatic rings. The number of rotatable bonds is 3. The molecule has 5 heteroatoms. The van der Waals surface area contributed by atoms with Gasteiger partial charge in [-0.15, -0.1) is 0 Å². The van der Waals surface area contributed by atoms with Crippen LogP contribution >= 0.6 is 0 Å². The van der Waals surface area contributed by atoms with E-state index in [0.717, 1.165) is 11.1 Å². The van der Waals surface area contributed by atoms with E-state index in [4.69, 9.17) is 10.3 Å². The summed E-state index contributed by atoms with van der Waals surface area (Å²) in [6.07, 6.45) is 0.505. The summed E-state index contributed by atoms with van der Waals surface area (Å²) in [5, 5.41) is 3.54. The average molecular weight is 269 g/mol. The maximum absolute atomic E-state index is 13.9. The molecule has 0 radical (unpaired) electrons. The smallest absolute Gasteiger partial charge is 0.131 e. The highest BCUT2D eigenvalue weighted by Crippen LogP contribution is 2.39. The summed E-state index contributed by atoms with van der Waals surface area (Å²) < 4.78 is 19.7. The second-order valence-corrected chi connectivity index (χ2v) is 4.63. The van der Waals surface area contributed by atoms with Gasteiger partial charge in [0.15, 0.2) is 0 Å². The molecule has 4 nitrogen and oxygen atoms in total. The largest absolute Gasteiger partial charge is 0.489 e. The fraction of sp³-hybridized carbons (Fsp3) is 0.200. The third-order valence-corrected chi connectivity index (χ3v) is 3.34. The Morgan fingerprint density at radius 1 is 1.20 bits per heavy atom. The molecular weight excluding hydrogens is 257 g/mol. The van der Waals surface area contributed by atoms with E-state index in [1.165, 1.54) is 6.07 Å². The van der Waals surface area contributed by atoms with Crippen LogP contribution in [0.4, 0.5) is 4.39 Å². The summed E-state index contributed by atoms with van der Waals surface area (Å²) in [5.74, 6) is 0.415. The van der Waals surface area contributed by atoms with Crippen molar-refractivity contribution in [2.45, 2.75) is 12.5 Å². The Kier molecular flexibility index (Phi) is 3.27. The zero-order valence-corrected chi connectivity index (χ0v) is 10.7. The van der Waals surface area contributed by atoms with Crippen LogP contribution in [-0.4, -0.2) is 12.6 Å². The fourth-order valence-electron chi connectivity index (χ4n) is 2.46. The molecule has 20 heavy (non-hydrogen) atoms. The number of fused-ring (bicyclic) bond motifs is 1. The summed E-state index contributed by atoms with van der Waals surface area (Å²) in [5.41, 5.74) is 10.6. The molecule has 1 heterocycles. The SMILES string of the molecule is [N-]=[N+]=NCC1Cc2cccc(-c3ccccc3F)c2O1. The standard InChI is InChI=1S/C15H12FN3O/c16-14-7-2-1-5-12(14)13-6-3-4-10-8-11(9-18-19-17)20-15(10)13/h1-7,11H,8-9H2. The third-order valence-electron chi connectivity index (χ3n) is 3.34. The van der Waals surface area contributed by atoms with E-state index in [2.05, 4.69) is 10.0 Å². The number of benzene rings is 2. The van der Waals surface area contributed by atoms with Gasteiger partial charge in [0.25, 0.3) is 0 Å². The predicted molar refractivity (Wildman–Crippen MR) is 74.0 cm³/mol. The lowest BCUT2D eigenvalue weighted by Gasteiger charge is -2.11. The lowest BCUT2D eigenvalue weighted by molar-refractivity contribution is 0.242. The lowest BCUT2D eigenvalue weighted by atomic mass is 10.0. The summed E-state index contributed by atoms with van der Waals surface area (Å²) in [6, 6.07) is 12.3. The van der Waals surface area contributed by atoms with Crippen LogP contribution in [0.3, 0.4) is 0 Å². The molecule has 0 aromatic heterocycles. The quantitative estimate of drug-likeness (QED) is 0.470. The van der Waals surface area contributed by atoms with Crippen molar-refractivity contribution in [1.29, 1.82) is 0 Å². The van der Waals surface area contributed by atoms with Gasteiger partial charge in [-0.2, -0.15) is 0 Å². The van der Waals surface area contributed by atoms with Gasteiger partial charge in [-0.25, -0.2) is 4.39 Å². The van der Waals surface area contributed by atoms with Crippen LogP contribution in [0.2, 0.25) is 0 Å². The van der Waals surface area contributed by atoms with Crippen molar-refractivity contribution in [2.24, 2.45) is 5.11 Å². The van der Waals surface area contributed by atoms with Gasteiger partial charge in [-0.1, -0.05) is 41.5 Å². The first-order valence-electron chi connectivity index (χ1n) is 6.34. The van der Waals surface area contributed by atoms with Gasteiger partial charge in [0.05, 0.1) is 6.54 Å². The second-order valence-electron chi connectivity index (χ2n) is 4.63. The Hall–Kier alpha value is -2.52. The molecule has 0 saturated heterocycles. The first-order valence-corrected chi connectivity index (χ1v) is 6.34. The van der Waals surface area contributed by atoms with Crippen LogP contribution in [0.25, 0.3) is 21.6 Å². The van der Waals surface area contributed by atoms with Gasteiger partial charge >= 0.3 is 0 Å². The number of hydrogen-bond donors (Lipinski definition) is 0. The molecule has 0 amide bonds. The van der Waals surface area contributed by atoms with E-state index in [1.807, 2.05) is 18.2 Å². The molecule has 0 N–H and O–H groups in total. The molecule has 0 bridgehead atoms. The zero-order chi connectivity index (χ0) is 13.9. The van der Waals surface area contributed by atoms with Crippen molar-refractivity contribution in [1.82, 2.24) is 0 Å². The Balaban J connectivity index is 1.99. The van der Waals surface area contributed by atoms with Gasteiger partial charge in [0, 0.05) is 22.5 Å². The number of ether oxygens (including phenoxy) is 1. The van der Waals surface area contributed by atoms with Crippen molar-refractivity contribution < 1.29 is 9.13 Å². The van der Waals surface area contributed by atoms with Crippen molar-refractivity contribution in [3.8, 4) is 16.9 Å². The van der Waals surface area contributed by atoms with Crippen LogP contribution < -0.4 is 4.74 Å². The normalized spacial score (nSPS) is 16.1. The van der Waals surface area contributed by atoms with Crippen LogP contribution in [-0.2, 0) is 6.42 Å². The van der Waals surface area contributed by atoms with E-state index in [-0.39, 0.29) is 18.5 Å². The lowest BCUT2D eigenvalue weighted by Crippen LogP contribution is -2.16. The molecule has 0 aliphatic carbocycles. The first kappa shape index (κ1) is 12.5. The van der Waals surface area contributed by atoms with Gasteiger partial charge in [0.1, 0.15) is 17.7 Å². The van der Waals surface area contributed by atoms with Gasteiger partial charge in [0.2, 0.25) is 0 Å². The van der Waals surface area contributed by atoms with E-state index in [9.17, 15) is 4.39 Å². The summed E-state index contributed by atoms with van der Waals surface area (Å²) >= 11 is 0. The Morgan fingerprint density at radius 2 is 2.00 bits per heavy atom. The molecular formula is C15H12FN3O. The van der Waals surface area contributed by atoms with Crippen LogP contribution in [0.5, 0.6) is 5.75 Å². The van der Waals surface area contributed by atoms with Crippen molar-refractivity contribution in [2.75, 3.05) is 6.54 Å². The maximum Gasteiger partial charge on any atom is 0.131 e. The fourth-order valence-corrected chi connectivity index (χ4v) is 2.46. The number of hydrogen-bond acceptors (Lipinski definition) is 2. The highest BCUT2D eigenvalue weighted by molar-refractivity contribution is 5.73. The number of para-hydroxylation sites is 1. The minimum atomic E-state index is -0.275. The van der Waals surface area contributed by atoms with E-state index >= 15 is 0 Å². The minimum Gasteiger partial charge on any atom is -0.489 e. The monoisotopic (exact) mass is 269 g/mol. The first-order chi connectivity index (χ1) is 9.79. The summed E-state index contributed by atoms with van der Waals surface area (Å²) in [6.45, 7) is 0.280. The van der Waals surface area contributed by atoms with Crippen molar-refractivity contribution >= 4 is 0 Å². The molecule has 100 valence electrons. The molecule has 1 aliphatic heterocycles. The van der Waals surface area contributed by atoms with Gasteiger partial charge < -0.3 is 4.74 Å². The Morgan fingerprint density at radius 3 is 2.80 bits per heavy atom. The number of halogens is 1. The number of nitrogens with zero attached hydrogens (tertiary/aromatic N) is 3. The summed E-state index contributed by atoms with van der Waals surface area (Å²) in [4.78, 5) is 2.74. The zero-order valence-electron chi connectivity index (χ0n) is 10.7. The van der Waals surface area contributed by atoms with E-state index < -0.39 is 0 Å². The Labute approximate surface area is 115 Å². The minimum absolute atomic E-state index is 0.172. The highest BCUT2D eigenvalue weighted by Gasteiger charge is 2.25. The number of azide groups is 1. The van der Waals surface area contributed by atoms with Crippen LogP contribution in [0.15, 0.2) is 47.6 Å². The molecule has 2 aromatic rings. The topological polar surface area (TPSA) is 58.0 Å². The molecule has 1 unspecified atom stereocenters. The van der Waals surface area contributed by atoms with Gasteiger partial charge in [-0.3, -0.25) is 0 Å². The van der Waals surface area contributed by atoms with Crippen molar-refractivity contribution in [3.63, 3.8) is 0 Å². The second kappa shape index (κ2) is 5.23. The predicted octanol–water partition coefficient (Wildman–Crippen LogP) is 4.11. The molecule has 0 fully saturated rings. The molecule has 3 rings (SSSR count). The average Bonchev–Trinajstić information content (AvgIpc) is 2.88. The van der Waals surface area contributed by atoms with E-state index in [0.29, 0.717) is 17.7 Å². The molecule has 1 atom stereocenters. The van der Waals surface area contributed by atoms with Crippen LogP contribution in [0, 0.1) is 5.82 Å². The van der Waals surface area contributed by atoms with Crippen molar-refractivity contribution in [3.05, 3.63) is 64.3 Å². The molecule has 2 aromatic carbocycles. The van der Waals surface area contributed by atoms with Gasteiger partial charge in [-0.05, 0) is 17.2 Å². The summed E-state index contributed by atoms with van der Waals surface area (Å²) in [7, 11) is 0. The third kappa shape index (κ3) is 2.19. The highest BCUT2D eigenvalue weighted by atomic mass is 19.1. The molecule has 0 saturated carbocycles. The van der Waals surface area contributed by atoms with E-state index in [1.54, 1.807) is 18.2 Å². The van der Waals surface area contributed by atoms with Crippen LogP contribution in [0.1, 0.15) is 5.56 Å². The maximum atomic E-state index is 13.9.